The predicted molar refractivity (Wildman–Crippen MR) is 56.2 cm³/mol. The Bertz CT molecular complexity index is 195. The van der Waals surface area contributed by atoms with Crippen LogP contribution in [0.15, 0.2) is 12.2 Å². The lowest BCUT2D eigenvalue weighted by Crippen LogP contribution is -2.24. The minimum Gasteiger partial charge on any atom is -0.481 e. The molecule has 0 heterocycles. The van der Waals surface area contributed by atoms with Crippen molar-refractivity contribution in [3.63, 3.8) is 0 Å². The van der Waals surface area contributed by atoms with Gasteiger partial charge in [0.25, 0.3) is 0 Å². The van der Waals surface area contributed by atoms with E-state index in [2.05, 4.69) is 6.92 Å². The third-order valence-electron chi connectivity index (χ3n) is 2.13. The van der Waals surface area contributed by atoms with Crippen molar-refractivity contribution in [2.45, 2.75) is 51.6 Å². The number of carboxylic acid groups (broad SMARTS) is 1. The summed E-state index contributed by atoms with van der Waals surface area (Å²) in [5.74, 6) is -0.852. The van der Waals surface area contributed by atoms with Crippen LogP contribution in [0, 0.1) is 0 Å². The Balaban J connectivity index is 3.71. The van der Waals surface area contributed by atoms with Crippen LogP contribution in [0.1, 0.15) is 46.0 Å². The summed E-state index contributed by atoms with van der Waals surface area (Å²) in [6.07, 6.45) is 6.85. The number of carboxylic acids is 1. The van der Waals surface area contributed by atoms with Crippen LogP contribution >= 0.6 is 0 Å². The summed E-state index contributed by atoms with van der Waals surface area (Å²) >= 11 is 0. The van der Waals surface area contributed by atoms with Crippen LogP contribution in [0.4, 0.5) is 0 Å². The van der Waals surface area contributed by atoms with E-state index in [0.717, 1.165) is 12.8 Å². The molecular formula is C11H20O3. The summed E-state index contributed by atoms with van der Waals surface area (Å²) in [5, 5.41) is 18.2. The fraction of sp³-hybridized carbons (Fsp3) is 0.727. The lowest BCUT2D eigenvalue weighted by Gasteiger charge is -2.21. The van der Waals surface area contributed by atoms with E-state index < -0.39 is 11.6 Å². The van der Waals surface area contributed by atoms with Crippen molar-refractivity contribution in [2.24, 2.45) is 0 Å². The fourth-order valence-corrected chi connectivity index (χ4v) is 1.18. The first-order chi connectivity index (χ1) is 6.48. The van der Waals surface area contributed by atoms with Gasteiger partial charge in [-0.15, -0.1) is 0 Å². The Labute approximate surface area is 85.4 Å². The van der Waals surface area contributed by atoms with E-state index in [1.165, 1.54) is 0 Å². The zero-order valence-corrected chi connectivity index (χ0v) is 8.99. The molecule has 0 amide bonds. The van der Waals surface area contributed by atoms with Crippen LogP contribution in [0.2, 0.25) is 0 Å². The third-order valence-corrected chi connectivity index (χ3v) is 2.13. The molecule has 2 N–H and O–H groups in total. The number of aliphatic hydroxyl groups is 1. The first-order valence-corrected chi connectivity index (χ1v) is 5.07. The van der Waals surface area contributed by atoms with Crippen molar-refractivity contribution >= 4 is 5.97 Å². The number of allylic oxidation sites excluding steroid dienone is 2. The van der Waals surface area contributed by atoms with Gasteiger partial charge in [0, 0.05) is 6.42 Å². The Hall–Kier alpha value is -0.830. The molecule has 3 heteroatoms. The molecule has 0 saturated carbocycles. The van der Waals surface area contributed by atoms with Gasteiger partial charge in [-0.25, -0.2) is 0 Å². The average molecular weight is 200 g/mol. The summed E-state index contributed by atoms with van der Waals surface area (Å²) < 4.78 is 0. The second kappa shape index (κ2) is 6.60. The normalized spacial score (nSPS) is 15.6. The molecule has 0 aromatic rings. The van der Waals surface area contributed by atoms with Crippen molar-refractivity contribution in [2.75, 3.05) is 0 Å². The predicted octanol–water partition coefficient (Wildman–Crippen LogP) is 2.35. The van der Waals surface area contributed by atoms with E-state index in [1.807, 2.05) is 12.2 Å². The highest BCUT2D eigenvalue weighted by Crippen LogP contribution is 2.18. The maximum atomic E-state index is 10.3. The van der Waals surface area contributed by atoms with Gasteiger partial charge < -0.3 is 10.2 Å². The van der Waals surface area contributed by atoms with Gasteiger partial charge in [0.15, 0.2) is 0 Å². The Morgan fingerprint density at radius 1 is 1.36 bits per heavy atom. The molecule has 0 aromatic carbocycles. The van der Waals surface area contributed by atoms with Gasteiger partial charge >= 0.3 is 5.97 Å². The van der Waals surface area contributed by atoms with Crippen molar-refractivity contribution in [3.05, 3.63) is 12.2 Å². The minimum absolute atomic E-state index is 0.0322. The van der Waals surface area contributed by atoms with Crippen LogP contribution in [0.3, 0.4) is 0 Å². The lowest BCUT2D eigenvalue weighted by molar-refractivity contribution is -0.138. The minimum atomic E-state index is -0.852. The highest BCUT2D eigenvalue weighted by molar-refractivity contribution is 5.66. The van der Waals surface area contributed by atoms with Gasteiger partial charge in [-0.1, -0.05) is 19.1 Å². The highest BCUT2D eigenvalue weighted by atomic mass is 16.4. The molecule has 0 bridgehead atoms. The van der Waals surface area contributed by atoms with Crippen molar-refractivity contribution in [3.8, 4) is 0 Å². The zero-order chi connectivity index (χ0) is 11.0. The summed E-state index contributed by atoms with van der Waals surface area (Å²) in [7, 11) is 0. The number of carbonyl (C=O) groups is 1. The number of aliphatic carboxylic acids is 1. The lowest BCUT2D eigenvalue weighted by atomic mass is 9.94. The topological polar surface area (TPSA) is 57.5 Å². The van der Waals surface area contributed by atoms with Crippen molar-refractivity contribution in [1.29, 1.82) is 0 Å². The van der Waals surface area contributed by atoms with Gasteiger partial charge in [0.05, 0.1) is 5.60 Å². The molecule has 82 valence electrons. The molecule has 1 atom stereocenters. The largest absolute Gasteiger partial charge is 0.481 e. The van der Waals surface area contributed by atoms with E-state index >= 15 is 0 Å². The molecule has 0 spiro atoms. The molecule has 0 aliphatic rings. The third kappa shape index (κ3) is 7.80. The van der Waals surface area contributed by atoms with Gasteiger partial charge in [-0.05, 0) is 32.6 Å². The maximum Gasteiger partial charge on any atom is 0.303 e. The molecule has 0 fully saturated rings. The summed E-state index contributed by atoms with van der Waals surface area (Å²) in [6.45, 7) is 3.74. The molecule has 0 saturated heterocycles. The fourth-order valence-electron chi connectivity index (χ4n) is 1.18. The monoisotopic (exact) mass is 200 g/mol. The van der Waals surface area contributed by atoms with E-state index in [-0.39, 0.29) is 6.42 Å². The summed E-state index contributed by atoms with van der Waals surface area (Å²) in [6, 6.07) is 0. The number of hydrogen-bond acceptors (Lipinski definition) is 2. The molecule has 14 heavy (non-hydrogen) atoms. The van der Waals surface area contributed by atoms with Gasteiger partial charge in [-0.3, -0.25) is 4.79 Å². The first kappa shape index (κ1) is 13.2. The van der Waals surface area contributed by atoms with Gasteiger partial charge in [0.2, 0.25) is 0 Å². The standard InChI is InChI=1S/C11H20O3/c1-3-4-5-6-8-11(2,14)9-7-10(12)13/h4-5,14H,3,6-9H2,1-2H3,(H,12,13). The molecule has 0 aromatic heterocycles. The van der Waals surface area contributed by atoms with Crippen molar-refractivity contribution < 1.29 is 15.0 Å². The van der Waals surface area contributed by atoms with E-state index in [9.17, 15) is 9.90 Å². The molecule has 3 nitrogen and oxygen atoms in total. The molecule has 0 rings (SSSR count). The van der Waals surface area contributed by atoms with Crippen LogP contribution in [0.25, 0.3) is 0 Å². The van der Waals surface area contributed by atoms with E-state index in [1.54, 1.807) is 6.92 Å². The second-order valence-corrected chi connectivity index (χ2v) is 3.81. The van der Waals surface area contributed by atoms with Crippen LogP contribution in [0.5, 0.6) is 0 Å². The quantitative estimate of drug-likeness (QED) is 0.620. The highest BCUT2D eigenvalue weighted by Gasteiger charge is 2.20. The first-order valence-electron chi connectivity index (χ1n) is 5.07. The SMILES string of the molecule is CCC=CCCC(C)(O)CCC(=O)O. The maximum absolute atomic E-state index is 10.3. The summed E-state index contributed by atoms with van der Waals surface area (Å²) in [4.78, 5) is 10.3. The number of hydrogen-bond donors (Lipinski definition) is 2. The van der Waals surface area contributed by atoms with E-state index in [0.29, 0.717) is 12.8 Å². The zero-order valence-electron chi connectivity index (χ0n) is 8.99. The van der Waals surface area contributed by atoms with Gasteiger partial charge in [-0.2, -0.15) is 0 Å². The number of rotatable bonds is 7. The Morgan fingerprint density at radius 3 is 2.50 bits per heavy atom. The molecular weight excluding hydrogens is 180 g/mol. The second-order valence-electron chi connectivity index (χ2n) is 3.81. The Morgan fingerprint density at radius 2 is 2.00 bits per heavy atom. The van der Waals surface area contributed by atoms with Crippen molar-refractivity contribution in [1.82, 2.24) is 0 Å². The average Bonchev–Trinajstić information content (AvgIpc) is 2.10. The van der Waals surface area contributed by atoms with E-state index in [4.69, 9.17) is 5.11 Å². The van der Waals surface area contributed by atoms with Gasteiger partial charge in [0.1, 0.15) is 0 Å². The van der Waals surface area contributed by atoms with Crippen LogP contribution in [-0.4, -0.2) is 21.8 Å². The Kier molecular flexibility index (Phi) is 6.21. The van der Waals surface area contributed by atoms with Crippen LogP contribution < -0.4 is 0 Å². The van der Waals surface area contributed by atoms with Crippen LogP contribution in [-0.2, 0) is 4.79 Å². The molecule has 0 radical (unpaired) electrons. The molecule has 0 aliphatic heterocycles. The smallest absolute Gasteiger partial charge is 0.303 e. The summed E-state index contributed by atoms with van der Waals surface area (Å²) in [5.41, 5.74) is -0.851. The molecule has 1 unspecified atom stereocenters. The molecule has 0 aliphatic carbocycles.